The van der Waals surface area contributed by atoms with Gasteiger partial charge in [0.15, 0.2) is 0 Å². The Kier molecular flexibility index (Phi) is 5.92. The molecule has 1 saturated heterocycles. The number of carbonyl (C=O) groups excluding carboxylic acids is 2. The first-order valence-corrected chi connectivity index (χ1v) is 9.60. The first kappa shape index (κ1) is 18.4. The lowest BCUT2D eigenvalue weighted by molar-refractivity contribution is -0.132. The molecule has 138 valence electrons. The second-order valence-corrected chi connectivity index (χ2v) is 7.26. The number of nitrogens with zero attached hydrogens (tertiary/aromatic N) is 3. The van der Waals surface area contributed by atoms with E-state index in [-0.39, 0.29) is 28.7 Å². The lowest BCUT2D eigenvalue weighted by atomic mass is 10.2. The lowest BCUT2D eigenvalue weighted by Crippen LogP contribution is -2.30. The van der Waals surface area contributed by atoms with Crippen molar-refractivity contribution in [3.63, 3.8) is 0 Å². The number of nitrogens with one attached hydrogen (secondary N) is 1. The number of unbranched alkanes of at least 4 members (excludes halogenated alkanes) is 1. The van der Waals surface area contributed by atoms with E-state index < -0.39 is 0 Å². The van der Waals surface area contributed by atoms with Crippen LogP contribution in [0, 0.1) is 5.82 Å². The molecule has 6 nitrogen and oxygen atoms in total. The first-order valence-electron chi connectivity index (χ1n) is 8.78. The van der Waals surface area contributed by atoms with Crippen LogP contribution >= 0.6 is 11.3 Å². The number of anilines is 1. The monoisotopic (exact) mass is 376 g/mol. The zero-order chi connectivity index (χ0) is 18.5. The molecule has 1 atom stereocenters. The molecule has 0 saturated carbocycles. The van der Waals surface area contributed by atoms with Gasteiger partial charge in [0.05, 0.1) is 6.04 Å². The molecule has 1 aliphatic heterocycles. The van der Waals surface area contributed by atoms with Gasteiger partial charge >= 0.3 is 0 Å². The number of hydrogen-bond donors (Lipinski definition) is 1. The van der Waals surface area contributed by atoms with Crippen LogP contribution in [-0.4, -0.2) is 33.5 Å². The van der Waals surface area contributed by atoms with E-state index in [1.54, 1.807) is 0 Å². The third-order valence-corrected chi connectivity index (χ3v) is 5.36. The van der Waals surface area contributed by atoms with Crippen molar-refractivity contribution in [3.8, 4) is 0 Å². The van der Waals surface area contributed by atoms with E-state index in [0.717, 1.165) is 32.2 Å². The number of likely N-dealkylation sites (tertiary alicyclic amines) is 1. The molecule has 1 fully saturated rings. The zero-order valence-electron chi connectivity index (χ0n) is 14.6. The number of carbonyl (C=O) groups is 2. The van der Waals surface area contributed by atoms with Crippen LogP contribution in [0.4, 0.5) is 10.1 Å². The minimum atomic E-state index is -0.387. The lowest BCUT2D eigenvalue weighted by Gasteiger charge is -2.22. The third kappa shape index (κ3) is 4.24. The van der Waals surface area contributed by atoms with Gasteiger partial charge in [-0.3, -0.25) is 9.59 Å². The smallest absolute Gasteiger partial charge is 0.286 e. The summed E-state index contributed by atoms with van der Waals surface area (Å²) in [6.45, 7) is 2.79. The van der Waals surface area contributed by atoms with Crippen LogP contribution in [0.2, 0.25) is 0 Å². The quantitative estimate of drug-likeness (QED) is 0.832. The molecule has 0 bridgehead atoms. The molecule has 1 aromatic carbocycles. The highest BCUT2D eigenvalue weighted by atomic mass is 32.1. The van der Waals surface area contributed by atoms with Gasteiger partial charge in [0.2, 0.25) is 10.9 Å². The van der Waals surface area contributed by atoms with Gasteiger partial charge in [-0.15, -0.1) is 10.2 Å². The summed E-state index contributed by atoms with van der Waals surface area (Å²) in [5, 5.41) is 11.7. The summed E-state index contributed by atoms with van der Waals surface area (Å²) in [6, 6.07) is 5.43. The molecule has 1 unspecified atom stereocenters. The predicted octanol–water partition coefficient (Wildman–Crippen LogP) is 3.78. The van der Waals surface area contributed by atoms with E-state index in [4.69, 9.17) is 0 Å². The molecule has 2 amide bonds. The summed E-state index contributed by atoms with van der Waals surface area (Å²) in [5.41, 5.74) is 0.491. The average molecular weight is 376 g/mol. The summed E-state index contributed by atoms with van der Waals surface area (Å²) in [7, 11) is 0. The van der Waals surface area contributed by atoms with Crippen molar-refractivity contribution in [2.24, 2.45) is 0 Å². The predicted molar refractivity (Wildman–Crippen MR) is 97.5 cm³/mol. The van der Waals surface area contributed by atoms with E-state index in [1.165, 1.54) is 35.6 Å². The molecule has 1 N–H and O–H groups in total. The number of benzene rings is 1. The van der Waals surface area contributed by atoms with Gasteiger partial charge < -0.3 is 10.2 Å². The Morgan fingerprint density at radius 3 is 2.81 bits per heavy atom. The topological polar surface area (TPSA) is 75.2 Å². The largest absolute Gasteiger partial charge is 0.333 e. The molecule has 1 aliphatic rings. The molecule has 2 heterocycles. The number of halogens is 1. The van der Waals surface area contributed by atoms with Gasteiger partial charge in [0.25, 0.3) is 5.91 Å². The standard InChI is InChI=1S/C18H21FN4O2S/c1-2-3-6-15(24)23-11-4-5-14(23)17-21-22-18(26-17)16(25)20-13-9-7-12(19)8-10-13/h7-10,14H,2-6,11H2,1H3,(H,20,25). The van der Waals surface area contributed by atoms with Crippen molar-refractivity contribution < 1.29 is 14.0 Å². The molecule has 2 aromatic rings. The van der Waals surface area contributed by atoms with Gasteiger partial charge in [-0.1, -0.05) is 24.7 Å². The summed E-state index contributed by atoms with van der Waals surface area (Å²) >= 11 is 1.20. The maximum atomic E-state index is 12.9. The number of aromatic nitrogens is 2. The van der Waals surface area contributed by atoms with Crippen LogP contribution in [0.1, 0.15) is 59.9 Å². The first-order chi connectivity index (χ1) is 12.6. The van der Waals surface area contributed by atoms with Crippen LogP contribution in [0.5, 0.6) is 0 Å². The van der Waals surface area contributed by atoms with E-state index in [9.17, 15) is 14.0 Å². The van der Waals surface area contributed by atoms with Crippen molar-refractivity contribution in [1.29, 1.82) is 0 Å². The van der Waals surface area contributed by atoms with Crippen molar-refractivity contribution in [1.82, 2.24) is 15.1 Å². The number of rotatable bonds is 6. The number of hydrogen-bond acceptors (Lipinski definition) is 5. The molecular formula is C18H21FN4O2S. The summed E-state index contributed by atoms with van der Waals surface area (Å²) in [6.07, 6.45) is 4.18. The third-order valence-electron chi connectivity index (χ3n) is 4.34. The van der Waals surface area contributed by atoms with E-state index >= 15 is 0 Å². The average Bonchev–Trinajstić information content (AvgIpc) is 3.30. The van der Waals surface area contributed by atoms with Crippen LogP contribution in [0.25, 0.3) is 0 Å². The maximum absolute atomic E-state index is 12.9. The fourth-order valence-electron chi connectivity index (χ4n) is 2.97. The van der Waals surface area contributed by atoms with E-state index in [0.29, 0.717) is 17.1 Å². The molecule has 0 aliphatic carbocycles. The second-order valence-electron chi connectivity index (χ2n) is 6.26. The van der Waals surface area contributed by atoms with Gasteiger partial charge in [-0.2, -0.15) is 0 Å². The zero-order valence-corrected chi connectivity index (χ0v) is 15.4. The summed E-state index contributed by atoms with van der Waals surface area (Å²) in [5.74, 6) is -0.612. The Labute approximate surface area is 155 Å². The fourth-order valence-corrected chi connectivity index (χ4v) is 3.86. The second kappa shape index (κ2) is 8.35. The van der Waals surface area contributed by atoms with Crippen LogP contribution in [-0.2, 0) is 4.79 Å². The minimum Gasteiger partial charge on any atom is -0.333 e. The molecule has 3 rings (SSSR count). The van der Waals surface area contributed by atoms with Crippen LogP contribution in [0.3, 0.4) is 0 Å². The molecule has 26 heavy (non-hydrogen) atoms. The SMILES string of the molecule is CCCCC(=O)N1CCCC1c1nnc(C(=O)Nc2ccc(F)cc2)s1. The number of amides is 2. The van der Waals surface area contributed by atoms with Gasteiger partial charge in [0.1, 0.15) is 10.8 Å². The highest BCUT2D eigenvalue weighted by Crippen LogP contribution is 2.34. The Hall–Kier alpha value is -2.35. The Balaban J connectivity index is 1.67. The van der Waals surface area contributed by atoms with E-state index in [2.05, 4.69) is 22.4 Å². The molecule has 0 radical (unpaired) electrons. The Morgan fingerprint density at radius 2 is 2.08 bits per heavy atom. The van der Waals surface area contributed by atoms with Crippen LogP contribution < -0.4 is 5.32 Å². The van der Waals surface area contributed by atoms with Gasteiger partial charge in [0, 0.05) is 18.7 Å². The maximum Gasteiger partial charge on any atom is 0.286 e. The molecule has 1 aromatic heterocycles. The fraction of sp³-hybridized carbons (Fsp3) is 0.444. The van der Waals surface area contributed by atoms with Gasteiger partial charge in [-0.05, 0) is 43.5 Å². The molecule has 8 heteroatoms. The van der Waals surface area contributed by atoms with Gasteiger partial charge in [-0.25, -0.2) is 4.39 Å². The van der Waals surface area contributed by atoms with Crippen molar-refractivity contribution in [3.05, 3.63) is 40.1 Å². The molecule has 0 spiro atoms. The van der Waals surface area contributed by atoms with E-state index in [1.807, 2.05) is 4.90 Å². The normalized spacial score (nSPS) is 16.7. The summed E-state index contributed by atoms with van der Waals surface area (Å²) in [4.78, 5) is 26.5. The minimum absolute atomic E-state index is 0.0933. The highest BCUT2D eigenvalue weighted by Gasteiger charge is 2.32. The summed E-state index contributed by atoms with van der Waals surface area (Å²) < 4.78 is 12.9. The Morgan fingerprint density at radius 1 is 1.31 bits per heavy atom. The van der Waals surface area contributed by atoms with Crippen molar-refractivity contribution in [2.45, 2.75) is 45.1 Å². The van der Waals surface area contributed by atoms with Crippen LogP contribution in [0.15, 0.2) is 24.3 Å². The highest BCUT2D eigenvalue weighted by molar-refractivity contribution is 7.13. The molecular weight excluding hydrogens is 355 g/mol. The Bertz CT molecular complexity index is 778. The van der Waals surface area contributed by atoms with Crippen molar-refractivity contribution in [2.75, 3.05) is 11.9 Å². The van der Waals surface area contributed by atoms with Crippen molar-refractivity contribution >= 4 is 28.8 Å².